The van der Waals surface area contributed by atoms with E-state index >= 15 is 0 Å². The fourth-order valence-corrected chi connectivity index (χ4v) is 0.740. The molecule has 0 atom stereocenters. The van der Waals surface area contributed by atoms with Crippen molar-refractivity contribution < 1.29 is 19.2 Å². The van der Waals surface area contributed by atoms with Crippen LogP contribution in [-0.4, -0.2) is 52.4 Å². The topological polar surface area (TPSA) is 85.6 Å². The largest absolute Gasteiger partial charge is 2.00 e. The third-order valence-corrected chi connectivity index (χ3v) is 1.02. The zero-order chi connectivity index (χ0) is 11.7. The van der Waals surface area contributed by atoms with E-state index in [1.54, 1.807) is 27.7 Å². The summed E-state index contributed by atoms with van der Waals surface area (Å²) in [7, 11) is 0. The molecule has 0 unspecified atom stereocenters. The molecule has 15 heavy (non-hydrogen) atoms. The van der Waals surface area contributed by atoms with Crippen molar-refractivity contribution in [3.8, 4) is 0 Å². The maximum atomic E-state index is 8.46. The van der Waals surface area contributed by atoms with Gasteiger partial charge in [0, 0.05) is 27.7 Å². The molecule has 0 aromatic heterocycles. The molecule has 0 aromatic rings. The molecule has 4 nitrogen and oxygen atoms in total. The van der Waals surface area contributed by atoms with Crippen LogP contribution in [0.15, 0.2) is 0 Å². The van der Waals surface area contributed by atoms with E-state index in [-0.39, 0.29) is 33.3 Å². The van der Waals surface area contributed by atoms with Gasteiger partial charge in [0.1, 0.15) is 0 Å². The number of ketones is 4. The minimum absolute atomic E-state index is 0. The van der Waals surface area contributed by atoms with Gasteiger partial charge in [0.05, 0.1) is 0 Å². The summed E-state index contributed by atoms with van der Waals surface area (Å²) in [6, 6.07) is 0. The summed E-state index contributed by atoms with van der Waals surface area (Å²) in [5, 5.41) is 0. The molecular weight excluding hydrogens is 193 g/mol. The zero-order valence-corrected chi connectivity index (χ0v) is 9.91. The number of rotatable bonds is 4. The molecule has 0 heterocycles. The van der Waals surface area contributed by atoms with Gasteiger partial charge < -0.3 is 0 Å². The van der Waals surface area contributed by atoms with Crippen LogP contribution in [0.1, 0.15) is 40.5 Å². The van der Waals surface area contributed by atoms with Gasteiger partial charge in [-0.25, -0.2) is 0 Å². The molecule has 5 heteroatoms. The van der Waals surface area contributed by atoms with Crippen molar-refractivity contribution in [2.45, 2.75) is 40.5 Å². The molecule has 0 aromatic carbocycles. The monoisotopic (exact) mass is 213 g/mol. The Bertz CT molecular complexity index is 196. The van der Waals surface area contributed by atoms with Crippen molar-refractivity contribution in [3.63, 3.8) is 0 Å². The Balaban J connectivity index is -0.000000180. The molecular formula is C10H20BeO4+6. The molecule has 0 aliphatic carbocycles. The second-order valence-electron chi connectivity index (χ2n) is 3.29. The first-order valence-corrected chi connectivity index (χ1v) is 4.31. The molecule has 0 saturated heterocycles. The molecule has 0 aliphatic rings. The van der Waals surface area contributed by atoms with Crippen molar-refractivity contribution in [2.75, 3.05) is 0 Å². The summed E-state index contributed by atoms with van der Waals surface area (Å²) in [6.45, 7) is 6.22. The average molecular weight is 213 g/mol. The first-order chi connectivity index (χ1) is 6.25. The van der Waals surface area contributed by atoms with E-state index in [4.69, 9.17) is 19.2 Å². The van der Waals surface area contributed by atoms with E-state index in [1.807, 2.05) is 0 Å². The molecule has 0 amide bonds. The average Bonchev–Trinajstić information content (AvgIpc) is 1.79. The van der Waals surface area contributed by atoms with Crippen LogP contribution in [0.3, 0.4) is 0 Å². The van der Waals surface area contributed by atoms with Crippen molar-refractivity contribution in [1.29, 1.82) is 0 Å². The van der Waals surface area contributed by atoms with Gasteiger partial charge in [0.2, 0.25) is 0 Å². The number of carbonyl (C=O) groups excluding carboxylic acids is 4. The fourth-order valence-electron chi connectivity index (χ4n) is 0.740. The summed E-state index contributed by atoms with van der Waals surface area (Å²) < 4.78 is 0. The first kappa shape index (κ1) is 19.4. The molecule has 4 N–H and O–H groups in total. The van der Waals surface area contributed by atoms with Crippen LogP contribution in [0.25, 0.3) is 0 Å². The summed E-state index contributed by atoms with van der Waals surface area (Å²) in [5.41, 5.74) is 0. The molecule has 0 aliphatic heterocycles. The van der Waals surface area contributed by atoms with Gasteiger partial charge in [-0.2, -0.15) is 0 Å². The van der Waals surface area contributed by atoms with Crippen LogP contribution in [-0.2, 0) is 0 Å². The second-order valence-corrected chi connectivity index (χ2v) is 3.29. The molecule has 0 spiro atoms. The Morgan fingerprint density at radius 3 is 0.733 bits per heavy atom. The Labute approximate surface area is 93.6 Å². The smallest absolute Gasteiger partial charge is 0.283 e. The Hall–Kier alpha value is -1.15. The maximum Gasteiger partial charge on any atom is 2.00 e. The number of hydrogen-bond acceptors (Lipinski definition) is 0. The predicted octanol–water partition coefficient (Wildman–Crippen LogP) is 0.631. The van der Waals surface area contributed by atoms with Crippen molar-refractivity contribution in [2.24, 2.45) is 0 Å². The van der Waals surface area contributed by atoms with Gasteiger partial charge in [-0.15, -0.1) is 0 Å². The molecule has 80 valence electrons. The minimum Gasteiger partial charge on any atom is -0.283 e. The quantitative estimate of drug-likeness (QED) is 0.372. The van der Waals surface area contributed by atoms with Crippen molar-refractivity contribution in [1.82, 2.24) is 0 Å². The third-order valence-electron chi connectivity index (χ3n) is 1.02. The van der Waals surface area contributed by atoms with E-state index in [2.05, 4.69) is 0 Å². The zero-order valence-electron chi connectivity index (χ0n) is 9.91. The predicted molar refractivity (Wildman–Crippen MR) is 65.5 cm³/mol. The minimum atomic E-state index is 0. The SMILES string of the molecule is CC(=[OH+])CC(C)=[OH+].CC(=[OH+])CC(C)=[OH+].[Be+2]. The maximum absolute atomic E-state index is 8.46. The summed E-state index contributed by atoms with van der Waals surface area (Å²) in [5.74, 6) is 1.00. The van der Waals surface area contributed by atoms with Gasteiger partial charge in [-0.1, -0.05) is 0 Å². The summed E-state index contributed by atoms with van der Waals surface area (Å²) in [4.78, 5) is 33.8. The molecule has 0 radical (unpaired) electrons. The Kier molecular flexibility index (Phi) is 14.2. The standard InChI is InChI=1S/2C5H8O2.Be/c2*1-4(6)3-5(2)7;/h2*3H2,1-2H3;/q;;+2/p+4. The van der Waals surface area contributed by atoms with Crippen LogP contribution in [0, 0.1) is 0 Å². The van der Waals surface area contributed by atoms with E-state index in [9.17, 15) is 0 Å². The third kappa shape index (κ3) is 32.2. The second kappa shape index (κ2) is 10.9. The van der Waals surface area contributed by atoms with Crippen LogP contribution < -0.4 is 0 Å². The molecule has 0 bridgehead atoms. The van der Waals surface area contributed by atoms with Gasteiger partial charge in [0.25, 0.3) is 0 Å². The van der Waals surface area contributed by atoms with E-state index in [1.165, 1.54) is 0 Å². The fraction of sp³-hybridized carbons (Fsp3) is 0.600. The van der Waals surface area contributed by atoms with Crippen LogP contribution in [0.5, 0.6) is 0 Å². The Morgan fingerprint density at radius 2 is 0.733 bits per heavy atom. The molecule has 0 fully saturated rings. The molecule has 0 rings (SSSR count). The van der Waals surface area contributed by atoms with Crippen molar-refractivity contribution in [3.05, 3.63) is 0 Å². The van der Waals surface area contributed by atoms with Gasteiger partial charge in [-0.3, -0.25) is 19.2 Å². The first-order valence-electron chi connectivity index (χ1n) is 4.31. The van der Waals surface area contributed by atoms with Gasteiger partial charge in [0.15, 0.2) is 12.8 Å². The summed E-state index contributed by atoms with van der Waals surface area (Å²) >= 11 is 0. The Morgan fingerprint density at radius 1 is 0.600 bits per heavy atom. The van der Waals surface area contributed by atoms with Crippen molar-refractivity contribution >= 4 is 33.3 Å². The van der Waals surface area contributed by atoms with Gasteiger partial charge in [-0.05, 0) is 0 Å². The van der Waals surface area contributed by atoms with Crippen LogP contribution >= 0.6 is 0 Å². The van der Waals surface area contributed by atoms with E-state index < -0.39 is 0 Å². The molecule has 0 saturated carbocycles. The van der Waals surface area contributed by atoms with E-state index in [0.29, 0.717) is 12.8 Å². The summed E-state index contributed by atoms with van der Waals surface area (Å²) in [6.07, 6.45) is 0.611. The van der Waals surface area contributed by atoms with Gasteiger partial charge >= 0.3 is 33.3 Å². The number of hydrogen-bond donors (Lipinski definition) is 0. The normalized spacial score (nSPS) is 7.73. The van der Waals surface area contributed by atoms with Crippen LogP contribution in [0.4, 0.5) is 0 Å². The van der Waals surface area contributed by atoms with E-state index in [0.717, 1.165) is 0 Å². The van der Waals surface area contributed by atoms with Crippen LogP contribution in [0.2, 0.25) is 0 Å².